The summed E-state index contributed by atoms with van der Waals surface area (Å²) in [6.45, 7) is 4.23. The quantitative estimate of drug-likeness (QED) is 0.908. The van der Waals surface area contributed by atoms with Gasteiger partial charge < -0.3 is 10.5 Å². The van der Waals surface area contributed by atoms with E-state index in [4.69, 9.17) is 10.5 Å². The Morgan fingerprint density at radius 3 is 2.65 bits per heavy atom. The predicted octanol–water partition coefficient (Wildman–Crippen LogP) is 3.14. The van der Waals surface area contributed by atoms with Gasteiger partial charge in [-0.05, 0) is 24.0 Å². The summed E-state index contributed by atoms with van der Waals surface area (Å²) >= 11 is 0. The summed E-state index contributed by atoms with van der Waals surface area (Å²) in [7, 11) is 0. The third-order valence-electron chi connectivity index (χ3n) is 4.24. The van der Waals surface area contributed by atoms with Crippen LogP contribution in [0.5, 0.6) is 5.88 Å². The van der Waals surface area contributed by atoms with Gasteiger partial charge >= 0.3 is 0 Å². The summed E-state index contributed by atoms with van der Waals surface area (Å²) in [6.07, 6.45) is 2.82. The van der Waals surface area contributed by atoms with Crippen LogP contribution in [0.4, 0.5) is 0 Å². The van der Waals surface area contributed by atoms with E-state index in [2.05, 4.69) is 54.4 Å². The number of nitrogens with one attached hydrogen (secondary N) is 1. The van der Waals surface area contributed by atoms with E-state index in [1.165, 1.54) is 5.56 Å². The number of hydrogen-bond donors (Lipinski definition) is 2. The van der Waals surface area contributed by atoms with Crippen LogP contribution in [-0.4, -0.2) is 10.2 Å². The first-order chi connectivity index (χ1) is 11.2. The van der Waals surface area contributed by atoms with Crippen LogP contribution in [0, 0.1) is 11.3 Å². The molecule has 0 aliphatic carbocycles. The third kappa shape index (κ3) is 2.57. The molecule has 5 nitrogen and oxygen atoms in total. The van der Waals surface area contributed by atoms with Crippen molar-refractivity contribution in [2.24, 2.45) is 5.73 Å². The van der Waals surface area contributed by atoms with E-state index in [0.29, 0.717) is 11.5 Å². The second-order valence-electron chi connectivity index (χ2n) is 5.69. The normalized spacial score (nSPS) is 16.7. The van der Waals surface area contributed by atoms with Gasteiger partial charge in [0.15, 0.2) is 0 Å². The number of H-pyrrole nitrogens is 1. The molecule has 1 atom stereocenters. The second kappa shape index (κ2) is 6.17. The molecule has 0 saturated heterocycles. The van der Waals surface area contributed by atoms with E-state index in [9.17, 15) is 5.26 Å². The molecule has 2 heterocycles. The van der Waals surface area contributed by atoms with Gasteiger partial charge in [0.1, 0.15) is 11.6 Å². The first-order valence-electron chi connectivity index (χ1n) is 7.93. The minimum Gasteiger partial charge on any atom is -0.420 e. The van der Waals surface area contributed by atoms with Gasteiger partial charge in [0.25, 0.3) is 0 Å². The number of ether oxygens (including phenoxy) is 1. The third-order valence-corrected chi connectivity index (χ3v) is 4.24. The maximum atomic E-state index is 9.58. The Balaban J connectivity index is 2.15. The predicted molar refractivity (Wildman–Crippen MR) is 87.7 cm³/mol. The van der Waals surface area contributed by atoms with E-state index in [-0.39, 0.29) is 11.8 Å². The SMILES string of the molecule is CCCc1[nH]nc2c1C(c1ccc(CC)cc1)C(C#N)=C(N)O2. The number of nitrogens with two attached hydrogens (primary N) is 1. The largest absolute Gasteiger partial charge is 0.420 e. The molecule has 1 aliphatic heterocycles. The van der Waals surface area contributed by atoms with Crippen molar-refractivity contribution in [1.29, 1.82) is 5.26 Å². The zero-order chi connectivity index (χ0) is 16.4. The molecule has 1 aromatic carbocycles. The van der Waals surface area contributed by atoms with Crippen LogP contribution in [0.25, 0.3) is 0 Å². The molecule has 118 valence electrons. The lowest BCUT2D eigenvalue weighted by Gasteiger charge is -2.24. The molecule has 3 N–H and O–H groups in total. The fraction of sp³-hybridized carbons (Fsp3) is 0.333. The molecule has 2 aromatic rings. The van der Waals surface area contributed by atoms with Crippen LogP contribution in [-0.2, 0) is 12.8 Å². The lowest BCUT2D eigenvalue weighted by molar-refractivity contribution is 0.378. The van der Waals surface area contributed by atoms with Gasteiger partial charge in [0, 0.05) is 11.3 Å². The highest BCUT2D eigenvalue weighted by Gasteiger charge is 2.34. The summed E-state index contributed by atoms with van der Waals surface area (Å²) in [5, 5.41) is 16.9. The Labute approximate surface area is 135 Å². The molecule has 0 fully saturated rings. The van der Waals surface area contributed by atoms with Gasteiger partial charge in [0.2, 0.25) is 11.8 Å². The lowest BCUT2D eigenvalue weighted by Crippen LogP contribution is -2.21. The van der Waals surface area contributed by atoms with Gasteiger partial charge in [0.05, 0.1) is 5.92 Å². The van der Waals surface area contributed by atoms with E-state index in [1.54, 1.807) is 0 Å². The minimum atomic E-state index is -0.227. The molecule has 0 spiro atoms. The highest BCUT2D eigenvalue weighted by atomic mass is 16.5. The van der Waals surface area contributed by atoms with Gasteiger partial charge in [-0.2, -0.15) is 5.26 Å². The summed E-state index contributed by atoms with van der Waals surface area (Å²) < 4.78 is 5.55. The van der Waals surface area contributed by atoms with Crippen LogP contribution < -0.4 is 10.5 Å². The topological polar surface area (TPSA) is 87.7 Å². The van der Waals surface area contributed by atoms with Gasteiger partial charge in [-0.1, -0.05) is 44.5 Å². The molecule has 1 aliphatic rings. The molecule has 0 amide bonds. The zero-order valence-corrected chi connectivity index (χ0v) is 13.4. The number of allylic oxidation sites excluding steroid dienone is 1. The number of rotatable bonds is 4. The molecule has 1 unspecified atom stereocenters. The number of aryl methyl sites for hydroxylation is 2. The van der Waals surface area contributed by atoms with Gasteiger partial charge in [-0.25, -0.2) is 0 Å². The van der Waals surface area contributed by atoms with Crippen LogP contribution >= 0.6 is 0 Å². The summed E-state index contributed by atoms with van der Waals surface area (Å²) in [5.74, 6) is 0.392. The average Bonchev–Trinajstić information content (AvgIpc) is 2.96. The Hall–Kier alpha value is -2.74. The van der Waals surface area contributed by atoms with Crippen molar-refractivity contribution >= 4 is 0 Å². The lowest BCUT2D eigenvalue weighted by atomic mass is 9.83. The van der Waals surface area contributed by atoms with Crippen LogP contribution in [0.2, 0.25) is 0 Å². The molecular formula is C18H20N4O. The van der Waals surface area contributed by atoms with Crippen molar-refractivity contribution in [2.75, 3.05) is 0 Å². The highest BCUT2D eigenvalue weighted by Crippen LogP contribution is 2.43. The van der Waals surface area contributed by atoms with E-state index < -0.39 is 0 Å². The standard InChI is InChI=1S/C18H20N4O/c1-3-5-14-16-15(12-8-6-11(4-2)7-9-12)13(10-19)17(20)23-18(16)22-21-14/h6-9,15H,3-5,20H2,1-2H3,(H,21,22). The van der Waals surface area contributed by atoms with Crippen molar-refractivity contribution in [3.8, 4) is 11.9 Å². The maximum Gasteiger partial charge on any atom is 0.244 e. The maximum absolute atomic E-state index is 9.58. The summed E-state index contributed by atoms with van der Waals surface area (Å²) in [5.41, 5.74) is 10.6. The Kier molecular flexibility index (Phi) is 4.07. The van der Waals surface area contributed by atoms with Crippen LogP contribution in [0.15, 0.2) is 35.7 Å². The van der Waals surface area contributed by atoms with Crippen molar-refractivity contribution < 1.29 is 4.74 Å². The molecule has 23 heavy (non-hydrogen) atoms. The van der Waals surface area contributed by atoms with Crippen molar-refractivity contribution in [3.05, 3.63) is 58.1 Å². The monoisotopic (exact) mass is 308 g/mol. The van der Waals surface area contributed by atoms with Crippen LogP contribution in [0.1, 0.15) is 48.6 Å². The average molecular weight is 308 g/mol. The number of nitrogens with zero attached hydrogens (tertiary/aromatic N) is 2. The first-order valence-corrected chi connectivity index (χ1v) is 7.93. The minimum absolute atomic E-state index is 0.138. The van der Waals surface area contributed by atoms with Crippen molar-refractivity contribution in [1.82, 2.24) is 10.2 Å². The van der Waals surface area contributed by atoms with Crippen molar-refractivity contribution in [3.63, 3.8) is 0 Å². The molecule has 0 radical (unpaired) electrons. The number of aromatic amines is 1. The molecule has 0 saturated carbocycles. The number of hydrogen-bond acceptors (Lipinski definition) is 4. The molecule has 1 aromatic heterocycles. The van der Waals surface area contributed by atoms with Gasteiger partial charge in [-0.15, -0.1) is 5.10 Å². The van der Waals surface area contributed by atoms with E-state index in [1.807, 2.05) is 0 Å². The molecular weight excluding hydrogens is 288 g/mol. The summed E-state index contributed by atoms with van der Waals surface area (Å²) in [4.78, 5) is 0. The smallest absolute Gasteiger partial charge is 0.244 e. The summed E-state index contributed by atoms with van der Waals surface area (Å²) in [6, 6.07) is 10.5. The van der Waals surface area contributed by atoms with E-state index >= 15 is 0 Å². The molecule has 5 heteroatoms. The van der Waals surface area contributed by atoms with E-state index in [0.717, 1.165) is 36.1 Å². The number of benzene rings is 1. The first kappa shape index (κ1) is 15.2. The molecule has 0 bridgehead atoms. The Bertz CT molecular complexity index is 780. The fourth-order valence-electron chi connectivity index (χ4n) is 3.03. The van der Waals surface area contributed by atoms with Gasteiger partial charge in [-0.3, -0.25) is 5.10 Å². The second-order valence-corrected chi connectivity index (χ2v) is 5.69. The Morgan fingerprint density at radius 1 is 1.30 bits per heavy atom. The van der Waals surface area contributed by atoms with Crippen molar-refractivity contribution in [2.45, 2.75) is 39.0 Å². The molecule has 3 rings (SSSR count). The van der Waals surface area contributed by atoms with Crippen LogP contribution in [0.3, 0.4) is 0 Å². The number of nitriles is 1. The fourth-order valence-corrected chi connectivity index (χ4v) is 3.03. The Morgan fingerprint density at radius 2 is 2.04 bits per heavy atom. The highest BCUT2D eigenvalue weighted by molar-refractivity contribution is 5.55. The number of fused-ring (bicyclic) bond motifs is 1. The number of aromatic nitrogens is 2. The zero-order valence-electron chi connectivity index (χ0n) is 13.4.